The normalized spacial score (nSPS) is 20.2. The summed E-state index contributed by atoms with van der Waals surface area (Å²) in [5.74, 6) is -0.623. The third-order valence-corrected chi connectivity index (χ3v) is 4.77. The van der Waals surface area contributed by atoms with Crippen molar-refractivity contribution in [2.24, 2.45) is 5.92 Å². The highest BCUT2D eigenvalue weighted by atomic mass is 16.5. The number of carbonyl (C=O) groups is 1. The van der Waals surface area contributed by atoms with E-state index in [9.17, 15) is 15.2 Å². The fraction of sp³-hybridized carbons (Fsp3) is 0.300. The number of ether oxygens (including phenoxy) is 1. The van der Waals surface area contributed by atoms with Crippen LogP contribution in [0.2, 0.25) is 0 Å². The first-order valence-electron chi connectivity index (χ1n) is 8.19. The first-order valence-corrected chi connectivity index (χ1v) is 8.19. The highest BCUT2D eigenvalue weighted by molar-refractivity contribution is 5.72. The van der Waals surface area contributed by atoms with E-state index in [1.807, 2.05) is 42.5 Å². The Hall–Kier alpha value is -2.84. The molecule has 1 aliphatic rings. The van der Waals surface area contributed by atoms with Crippen LogP contribution in [0, 0.1) is 17.2 Å². The van der Waals surface area contributed by atoms with Crippen LogP contribution in [0.15, 0.2) is 48.5 Å². The molecule has 128 valence electrons. The number of hydrogen-bond donors (Lipinski definition) is 1. The molecular formula is C20H20N2O3. The third kappa shape index (κ3) is 3.65. The number of carboxylic acid groups (broad SMARTS) is 1. The second-order valence-corrected chi connectivity index (χ2v) is 6.29. The van der Waals surface area contributed by atoms with E-state index in [0.717, 1.165) is 16.9 Å². The molecule has 1 saturated heterocycles. The Morgan fingerprint density at radius 1 is 1.28 bits per heavy atom. The number of rotatable bonds is 5. The lowest BCUT2D eigenvalue weighted by Crippen LogP contribution is -2.23. The zero-order valence-electron chi connectivity index (χ0n) is 14.1. The van der Waals surface area contributed by atoms with Crippen molar-refractivity contribution in [2.75, 3.05) is 20.2 Å². The Balaban J connectivity index is 1.83. The Bertz CT molecular complexity index is 813. The molecule has 0 aliphatic carbocycles. The molecule has 0 bridgehead atoms. The van der Waals surface area contributed by atoms with Gasteiger partial charge < -0.3 is 9.84 Å². The molecule has 1 N–H and O–H groups in total. The molecule has 1 fully saturated rings. The first kappa shape index (κ1) is 17.0. The van der Waals surface area contributed by atoms with Gasteiger partial charge in [0.05, 0.1) is 24.7 Å². The minimum Gasteiger partial charge on any atom is -0.497 e. The third-order valence-electron chi connectivity index (χ3n) is 4.77. The average molecular weight is 336 g/mol. The van der Waals surface area contributed by atoms with Crippen LogP contribution in [0.25, 0.3) is 0 Å². The van der Waals surface area contributed by atoms with Gasteiger partial charge in [-0.05, 0) is 29.3 Å². The van der Waals surface area contributed by atoms with Gasteiger partial charge in [-0.3, -0.25) is 9.69 Å². The SMILES string of the molecule is COc1cccc([C@@H]2CN(Cc3ccccc3C#N)C[C@H]2C(=O)O)c1. The van der Waals surface area contributed by atoms with Gasteiger partial charge in [-0.15, -0.1) is 0 Å². The molecule has 2 aromatic carbocycles. The summed E-state index contributed by atoms with van der Waals surface area (Å²) in [5.41, 5.74) is 2.54. The van der Waals surface area contributed by atoms with Gasteiger partial charge in [0.1, 0.15) is 5.75 Å². The highest BCUT2D eigenvalue weighted by Crippen LogP contribution is 2.35. The fourth-order valence-electron chi connectivity index (χ4n) is 3.48. The molecule has 25 heavy (non-hydrogen) atoms. The van der Waals surface area contributed by atoms with Crippen molar-refractivity contribution in [3.8, 4) is 11.8 Å². The maximum Gasteiger partial charge on any atom is 0.308 e. The minimum absolute atomic E-state index is 0.0955. The van der Waals surface area contributed by atoms with E-state index in [-0.39, 0.29) is 5.92 Å². The van der Waals surface area contributed by atoms with Gasteiger partial charge in [0.25, 0.3) is 0 Å². The summed E-state index contributed by atoms with van der Waals surface area (Å²) < 4.78 is 5.27. The van der Waals surface area contributed by atoms with E-state index in [1.165, 1.54) is 0 Å². The van der Waals surface area contributed by atoms with Crippen molar-refractivity contribution in [3.63, 3.8) is 0 Å². The molecule has 5 nitrogen and oxygen atoms in total. The second-order valence-electron chi connectivity index (χ2n) is 6.29. The lowest BCUT2D eigenvalue weighted by molar-refractivity contribution is -0.141. The summed E-state index contributed by atoms with van der Waals surface area (Å²) in [4.78, 5) is 13.9. The average Bonchev–Trinajstić information content (AvgIpc) is 3.06. The van der Waals surface area contributed by atoms with E-state index >= 15 is 0 Å². The lowest BCUT2D eigenvalue weighted by atomic mass is 9.89. The second kappa shape index (κ2) is 7.37. The van der Waals surface area contributed by atoms with Crippen LogP contribution in [-0.4, -0.2) is 36.2 Å². The Morgan fingerprint density at radius 2 is 2.08 bits per heavy atom. The van der Waals surface area contributed by atoms with Gasteiger partial charge in [0.2, 0.25) is 0 Å². The fourth-order valence-corrected chi connectivity index (χ4v) is 3.48. The molecule has 0 unspecified atom stereocenters. The first-order chi connectivity index (χ1) is 12.1. The van der Waals surface area contributed by atoms with Crippen molar-refractivity contribution in [3.05, 3.63) is 65.2 Å². The largest absolute Gasteiger partial charge is 0.497 e. The molecule has 5 heteroatoms. The summed E-state index contributed by atoms with van der Waals surface area (Å²) in [6, 6.07) is 17.3. The van der Waals surface area contributed by atoms with Crippen molar-refractivity contribution < 1.29 is 14.6 Å². The molecule has 1 aliphatic heterocycles. The number of benzene rings is 2. The van der Waals surface area contributed by atoms with Crippen LogP contribution >= 0.6 is 0 Å². The van der Waals surface area contributed by atoms with Gasteiger partial charge in [-0.2, -0.15) is 5.26 Å². The van der Waals surface area contributed by atoms with Crippen LogP contribution in [-0.2, 0) is 11.3 Å². The molecule has 0 radical (unpaired) electrons. The molecule has 0 aromatic heterocycles. The van der Waals surface area contributed by atoms with Crippen LogP contribution in [0.4, 0.5) is 0 Å². The van der Waals surface area contributed by atoms with Gasteiger partial charge >= 0.3 is 5.97 Å². The molecule has 0 spiro atoms. The molecule has 2 aromatic rings. The number of likely N-dealkylation sites (tertiary alicyclic amines) is 1. The molecule has 0 saturated carbocycles. The van der Waals surface area contributed by atoms with Gasteiger partial charge in [0.15, 0.2) is 0 Å². The molecule has 0 amide bonds. The quantitative estimate of drug-likeness (QED) is 0.909. The molecule has 1 heterocycles. The topological polar surface area (TPSA) is 73.6 Å². The van der Waals surface area contributed by atoms with Crippen LogP contribution in [0.1, 0.15) is 22.6 Å². The van der Waals surface area contributed by atoms with Crippen molar-refractivity contribution in [2.45, 2.75) is 12.5 Å². The summed E-state index contributed by atoms with van der Waals surface area (Å²) >= 11 is 0. The van der Waals surface area contributed by atoms with E-state index in [1.54, 1.807) is 13.2 Å². The van der Waals surface area contributed by atoms with Crippen molar-refractivity contribution in [1.29, 1.82) is 5.26 Å². The Kier molecular flexibility index (Phi) is 5.01. The van der Waals surface area contributed by atoms with E-state index < -0.39 is 11.9 Å². The maximum absolute atomic E-state index is 11.8. The highest BCUT2D eigenvalue weighted by Gasteiger charge is 2.38. The van der Waals surface area contributed by atoms with Gasteiger partial charge in [-0.1, -0.05) is 30.3 Å². The lowest BCUT2D eigenvalue weighted by Gasteiger charge is -2.17. The van der Waals surface area contributed by atoms with Crippen LogP contribution in [0.3, 0.4) is 0 Å². The van der Waals surface area contributed by atoms with Crippen LogP contribution in [0.5, 0.6) is 5.75 Å². The maximum atomic E-state index is 11.8. The summed E-state index contributed by atoms with van der Waals surface area (Å²) in [6.45, 7) is 1.69. The Morgan fingerprint density at radius 3 is 2.80 bits per heavy atom. The van der Waals surface area contributed by atoms with Gasteiger partial charge in [0, 0.05) is 25.6 Å². The van der Waals surface area contributed by atoms with Crippen molar-refractivity contribution >= 4 is 5.97 Å². The number of carboxylic acids is 1. The summed E-state index contributed by atoms with van der Waals surface area (Å²) in [5, 5.41) is 18.9. The number of hydrogen-bond acceptors (Lipinski definition) is 4. The zero-order valence-corrected chi connectivity index (χ0v) is 14.1. The minimum atomic E-state index is -0.788. The molecular weight excluding hydrogens is 316 g/mol. The zero-order chi connectivity index (χ0) is 17.8. The number of nitrogens with zero attached hydrogens (tertiary/aromatic N) is 2. The number of methoxy groups -OCH3 is 1. The van der Waals surface area contributed by atoms with E-state index in [0.29, 0.717) is 25.2 Å². The summed E-state index contributed by atoms with van der Waals surface area (Å²) in [7, 11) is 1.60. The van der Waals surface area contributed by atoms with E-state index in [2.05, 4.69) is 11.0 Å². The van der Waals surface area contributed by atoms with Gasteiger partial charge in [-0.25, -0.2) is 0 Å². The summed E-state index contributed by atoms with van der Waals surface area (Å²) in [6.07, 6.45) is 0. The Labute approximate surface area is 147 Å². The predicted octanol–water partition coefficient (Wildman–Crippen LogP) is 2.87. The monoisotopic (exact) mass is 336 g/mol. The van der Waals surface area contributed by atoms with E-state index in [4.69, 9.17) is 4.74 Å². The van der Waals surface area contributed by atoms with Crippen LogP contribution < -0.4 is 4.74 Å². The molecule has 2 atom stereocenters. The van der Waals surface area contributed by atoms with Crippen molar-refractivity contribution in [1.82, 2.24) is 4.90 Å². The molecule has 3 rings (SSSR count). The standard InChI is InChI=1S/C20H20N2O3/c1-25-17-8-4-7-14(9-17)18-12-22(13-19(18)20(23)24)11-16-6-3-2-5-15(16)10-21/h2-9,18-19H,11-13H2,1H3,(H,23,24)/t18-,19+/m0/s1. The predicted molar refractivity (Wildman–Crippen MR) is 93.3 cm³/mol. The smallest absolute Gasteiger partial charge is 0.308 e. The number of aliphatic carboxylic acids is 1. The number of nitriles is 1.